The fraction of sp³-hybridized carbons (Fsp3) is 0.227. The van der Waals surface area contributed by atoms with Gasteiger partial charge in [0.15, 0.2) is 23.0 Å². The van der Waals surface area contributed by atoms with Crippen LogP contribution in [0.4, 0.5) is 0 Å². The minimum absolute atomic E-state index is 0.146. The highest BCUT2D eigenvalue weighted by atomic mass is 16.7. The molecule has 1 aliphatic heterocycles. The fourth-order valence-corrected chi connectivity index (χ4v) is 2.74. The first kappa shape index (κ1) is 20.1. The van der Waals surface area contributed by atoms with E-state index in [1.165, 1.54) is 27.4 Å². The maximum atomic E-state index is 11.9. The molecule has 0 saturated heterocycles. The van der Waals surface area contributed by atoms with Gasteiger partial charge in [-0.2, -0.15) is 0 Å². The third-order valence-corrected chi connectivity index (χ3v) is 4.13. The van der Waals surface area contributed by atoms with Gasteiger partial charge in [-0.3, -0.25) is 0 Å². The second kappa shape index (κ2) is 9.54. The van der Waals surface area contributed by atoms with Crippen LogP contribution in [0.25, 0.3) is 12.2 Å². The number of rotatable bonds is 8. The Hall–Kier alpha value is -3.61. The highest BCUT2D eigenvalue weighted by molar-refractivity contribution is 5.87. The third-order valence-electron chi connectivity index (χ3n) is 4.13. The molecular weight excluding hydrogens is 376 g/mol. The standard InChI is InChI=1S/C22H22O7/c1-24-19-12-16(13-20(25-2)22(19)26-3)7-9-21(23)27-10-4-5-15-6-8-17-18(11-15)29-14-28-17/h4-9,11-13H,10,14H2,1-3H3/b5-4-,9-7-. The Bertz CT molecular complexity index is 906. The predicted molar refractivity (Wildman–Crippen MR) is 108 cm³/mol. The number of carbonyl (C=O) groups excluding carboxylic acids is 1. The zero-order valence-corrected chi connectivity index (χ0v) is 16.5. The van der Waals surface area contributed by atoms with Crippen LogP contribution in [-0.4, -0.2) is 40.7 Å². The Morgan fingerprint density at radius 2 is 1.66 bits per heavy atom. The smallest absolute Gasteiger partial charge is 0.331 e. The Morgan fingerprint density at radius 3 is 2.34 bits per heavy atom. The zero-order chi connectivity index (χ0) is 20.6. The minimum atomic E-state index is -0.464. The lowest BCUT2D eigenvalue weighted by Crippen LogP contribution is -2.00. The summed E-state index contributed by atoms with van der Waals surface area (Å²) in [5, 5.41) is 0. The van der Waals surface area contributed by atoms with Crippen molar-refractivity contribution in [3.8, 4) is 28.7 Å². The summed E-state index contributed by atoms with van der Waals surface area (Å²) in [5.41, 5.74) is 1.64. The Morgan fingerprint density at radius 1 is 0.931 bits per heavy atom. The van der Waals surface area contributed by atoms with Crippen molar-refractivity contribution in [3.05, 3.63) is 53.6 Å². The van der Waals surface area contributed by atoms with Crippen LogP contribution in [0.15, 0.2) is 42.5 Å². The minimum Gasteiger partial charge on any atom is -0.493 e. The molecule has 2 aromatic rings. The van der Waals surface area contributed by atoms with Crippen LogP contribution in [0, 0.1) is 0 Å². The number of benzene rings is 2. The Kier molecular flexibility index (Phi) is 6.63. The van der Waals surface area contributed by atoms with E-state index in [0.29, 0.717) is 28.6 Å². The Labute approximate surface area is 169 Å². The van der Waals surface area contributed by atoms with E-state index < -0.39 is 5.97 Å². The third kappa shape index (κ3) is 5.01. The molecule has 3 rings (SSSR count). The maximum Gasteiger partial charge on any atom is 0.331 e. The molecule has 7 heteroatoms. The second-order valence-corrected chi connectivity index (χ2v) is 5.94. The number of hydrogen-bond donors (Lipinski definition) is 0. The van der Waals surface area contributed by atoms with Crippen LogP contribution in [0.3, 0.4) is 0 Å². The van der Waals surface area contributed by atoms with Crippen molar-refractivity contribution >= 4 is 18.1 Å². The van der Waals surface area contributed by atoms with Crippen molar-refractivity contribution in [1.29, 1.82) is 0 Å². The molecule has 0 radical (unpaired) electrons. The average molecular weight is 398 g/mol. The summed E-state index contributed by atoms with van der Waals surface area (Å²) >= 11 is 0. The van der Waals surface area contributed by atoms with Gasteiger partial charge in [0.1, 0.15) is 6.61 Å². The highest BCUT2D eigenvalue weighted by Crippen LogP contribution is 2.38. The van der Waals surface area contributed by atoms with E-state index in [4.69, 9.17) is 28.4 Å². The van der Waals surface area contributed by atoms with Gasteiger partial charge < -0.3 is 28.4 Å². The van der Waals surface area contributed by atoms with Crippen LogP contribution in [0.1, 0.15) is 11.1 Å². The van der Waals surface area contributed by atoms with E-state index in [0.717, 1.165) is 11.3 Å². The molecule has 0 fully saturated rings. The Balaban J connectivity index is 1.56. The van der Waals surface area contributed by atoms with E-state index in [9.17, 15) is 4.79 Å². The van der Waals surface area contributed by atoms with Crippen molar-refractivity contribution in [2.45, 2.75) is 0 Å². The van der Waals surface area contributed by atoms with Gasteiger partial charge in [-0.05, 0) is 47.5 Å². The van der Waals surface area contributed by atoms with E-state index in [1.807, 2.05) is 24.3 Å². The van der Waals surface area contributed by atoms with Gasteiger partial charge in [-0.25, -0.2) is 4.79 Å². The van der Waals surface area contributed by atoms with Crippen molar-refractivity contribution < 1.29 is 33.2 Å². The van der Waals surface area contributed by atoms with Gasteiger partial charge in [-0.15, -0.1) is 0 Å². The maximum absolute atomic E-state index is 11.9. The fourth-order valence-electron chi connectivity index (χ4n) is 2.74. The largest absolute Gasteiger partial charge is 0.493 e. The molecule has 2 aromatic carbocycles. The first-order valence-electron chi connectivity index (χ1n) is 8.85. The quantitative estimate of drug-likeness (QED) is 0.496. The van der Waals surface area contributed by atoms with E-state index in [-0.39, 0.29) is 13.4 Å². The van der Waals surface area contributed by atoms with Gasteiger partial charge in [-0.1, -0.05) is 12.1 Å². The number of ether oxygens (including phenoxy) is 6. The molecule has 0 unspecified atom stereocenters. The number of methoxy groups -OCH3 is 3. The average Bonchev–Trinajstić information content (AvgIpc) is 3.22. The molecule has 0 aromatic heterocycles. The molecule has 0 amide bonds. The summed E-state index contributed by atoms with van der Waals surface area (Å²) < 4.78 is 31.6. The van der Waals surface area contributed by atoms with Crippen LogP contribution < -0.4 is 23.7 Å². The summed E-state index contributed by atoms with van der Waals surface area (Å²) in [4.78, 5) is 11.9. The summed E-state index contributed by atoms with van der Waals surface area (Å²) in [5.74, 6) is 2.47. The molecule has 152 valence electrons. The molecule has 1 heterocycles. The predicted octanol–water partition coefficient (Wildman–Crippen LogP) is 3.71. The summed E-state index contributed by atoms with van der Waals surface area (Å²) in [7, 11) is 4.60. The van der Waals surface area contributed by atoms with E-state index in [1.54, 1.807) is 24.3 Å². The van der Waals surface area contributed by atoms with Crippen molar-refractivity contribution in [2.75, 3.05) is 34.7 Å². The lowest BCUT2D eigenvalue weighted by atomic mass is 10.1. The van der Waals surface area contributed by atoms with Crippen LogP contribution in [0.2, 0.25) is 0 Å². The number of fused-ring (bicyclic) bond motifs is 1. The molecule has 0 N–H and O–H groups in total. The first-order valence-corrected chi connectivity index (χ1v) is 8.85. The van der Waals surface area contributed by atoms with Gasteiger partial charge in [0, 0.05) is 6.08 Å². The van der Waals surface area contributed by atoms with Crippen LogP contribution in [-0.2, 0) is 9.53 Å². The number of hydrogen-bond acceptors (Lipinski definition) is 7. The lowest BCUT2D eigenvalue weighted by molar-refractivity contribution is -0.136. The SMILES string of the molecule is COc1cc(/C=C\C(=O)OC/C=C\c2ccc3c(c2)OCO3)cc(OC)c1OC. The second-order valence-electron chi connectivity index (χ2n) is 5.94. The molecular formula is C22H22O7. The monoisotopic (exact) mass is 398 g/mol. The molecule has 0 bridgehead atoms. The zero-order valence-electron chi connectivity index (χ0n) is 16.5. The van der Waals surface area contributed by atoms with Gasteiger partial charge in [0.05, 0.1) is 21.3 Å². The first-order chi connectivity index (χ1) is 14.1. The summed E-state index contributed by atoms with van der Waals surface area (Å²) in [6.45, 7) is 0.380. The molecule has 29 heavy (non-hydrogen) atoms. The van der Waals surface area contributed by atoms with Crippen LogP contribution in [0.5, 0.6) is 28.7 Å². The number of carbonyl (C=O) groups is 1. The van der Waals surface area contributed by atoms with E-state index >= 15 is 0 Å². The summed E-state index contributed by atoms with van der Waals surface area (Å²) in [6.07, 6.45) is 6.56. The highest BCUT2D eigenvalue weighted by Gasteiger charge is 2.13. The van der Waals surface area contributed by atoms with Crippen molar-refractivity contribution in [3.63, 3.8) is 0 Å². The molecule has 0 saturated carbocycles. The molecule has 1 aliphatic rings. The number of esters is 1. The van der Waals surface area contributed by atoms with Crippen molar-refractivity contribution in [2.24, 2.45) is 0 Å². The van der Waals surface area contributed by atoms with Gasteiger partial charge >= 0.3 is 5.97 Å². The molecule has 0 spiro atoms. The van der Waals surface area contributed by atoms with Crippen LogP contribution >= 0.6 is 0 Å². The summed E-state index contributed by atoms with van der Waals surface area (Å²) in [6, 6.07) is 9.09. The van der Waals surface area contributed by atoms with E-state index in [2.05, 4.69) is 0 Å². The topological polar surface area (TPSA) is 72.5 Å². The molecule has 0 aliphatic carbocycles. The molecule has 7 nitrogen and oxygen atoms in total. The molecule has 0 atom stereocenters. The van der Waals surface area contributed by atoms with Gasteiger partial charge in [0.2, 0.25) is 12.5 Å². The van der Waals surface area contributed by atoms with Crippen molar-refractivity contribution in [1.82, 2.24) is 0 Å². The van der Waals surface area contributed by atoms with Gasteiger partial charge in [0.25, 0.3) is 0 Å². The lowest BCUT2D eigenvalue weighted by Gasteiger charge is -2.12. The normalized spacial score (nSPS) is 12.4.